The summed E-state index contributed by atoms with van der Waals surface area (Å²) in [6.45, 7) is -9.93. The molecular weight excluding hydrogens is 374 g/mol. The molecule has 2 rings (SSSR count). The number of hydrogen-bond donors (Lipinski definition) is 1. The van der Waals surface area contributed by atoms with Gasteiger partial charge in [0.1, 0.15) is 5.75 Å². The number of aliphatic hydroxyl groups is 1. The van der Waals surface area contributed by atoms with Crippen LogP contribution in [-0.4, -0.2) is 34.6 Å². The molecule has 0 aliphatic carbocycles. The fraction of sp³-hybridized carbons (Fsp3) is 0.500. The van der Waals surface area contributed by atoms with Gasteiger partial charge >= 0.3 is 5.97 Å². The van der Waals surface area contributed by atoms with Crippen molar-refractivity contribution in [1.82, 2.24) is 4.90 Å². The van der Waals surface area contributed by atoms with Gasteiger partial charge in [-0.15, -0.1) is 0 Å². The lowest BCUT2D eigenvalue weighted by Gasteiger charge is -2.32. The monoisotopic (exact) mass is 424 g/mol. The molecule has 0 spiro atoms. The summed E-state index contributed by atoms with van der Waals surface area (Å²) in [5, 5.41) is 10.1. The predicted octanol–water partition coefficient (Wildman–Crippen LogP) is 5.38. The highest BCUT2D eigenvalue weighted by Crippen LogP contribution is 2.36. The summed E-state index contributed by atoms with van der Waals surface area (Å²) >= 11 is 0. The molecule has 4 heteroatoms. The third-order valence-electron chi connectivity index (χ3n) is 4.71. The van der Waals surface area contributed by atoms with Gasteiger partial charge < -0.3 is 9.84 Å². The van der Waals surface area contributed by atoms with Crippen LogP contribution < -0.4 is 4.74 Å². The topological polar surface area (TPSA) is 49.8 Å². The predicted molar refractivity (Wildman–Crippen MR) is 123 cm³/mol. The average Bonchev–Trinajstić information content (AvgIpc) is 2.84. The Morgan fingerprint density at radius 1 is 1.13 bits per heavy atom. The summed E-state index contributed by atoms with van der Waals surface area (Å²) in [6.07, 6.45) is -0.300. The van der Waals surface area contributed by atoms with E-state index in [-0.39, 0.29) is 23.3 Å². The first-order valence-electron chi connectivity index (χ1n) is 16.2. The molecule has 0 saturated carbocycles. The summed E-state index contributed by atoms with van der Waals surface area (Å²) in [6, 6.07) is 5.66. The van der Waals surface area contributed by atoms with Gasteiger partial charge in [-0.2, -0.15) is 0 Å². The second-order valence-electron chi connectivity index (χ2n) is 7.28. The molecular formula is C26H37NO3. The summed E-state index contributed by atoms with van der Waals surface area (Å²) < 4.78 is 110. The fourth-order valence-electron chi connectivity index (χ4n) is 3.10. The first-order chi connectivity index (χ1) is 19.3. The lowest BCUT2D eigenvalue weighted by Crippen LogP contribution is -2.38. The van der Waals surface area contributed by atoms with Gasteiger partial charge in [0.05, 0.1) is 15.2 Å². The van der Waals surface area contributed by atoms with Crippen LogP contribution in [0, 0.1) is 5.92 Å². The fourth-order valence-corrected chi connectivity index (χ4v) is 3.10. The third-order valence-corrected chi connectivity index (χ3v) is 4.71. The highest BCUT2D eigenvalue weighted by atomic mass is 16.5. The molecule has 0 heterocycles. The Balaban J connectivity index is 2.86. The Morgan fingerprint density at radius 3 is 2.43 bits per heavy atom. The molecule has 0 aliphatic heterocycles. The maximum absolute atomic E-state index is 12.6. The lowest BCUT2D eigenvalue weighted by molar-refractivity contribution is -0.137. The van der Waals surface area contributed by atoms with Gasteiger partial charge in [-0.1, -0.05) is 50.2 Å². The Morgan fingerprint density at radius 2 is 1.83 bits per heavy atom. The Kier molecular flexibility index (Phi) is 4.31. The zero-order chi connectivity index (χ0) is 33.4. The zero-order valence-corrected chi connectivity index (χ0v) is 17.4. The molecule has 0 radical (unpaired) electrons. The Bertz CT molecular complexity index is 1240. The normalized spacial score (nSPS) is 23.2. The maximum atomic E-state index is 12.6. The summed E-state index contributed by atoms with van der Waals surface area (Å²) in [7, 11) is 0. The number of esters is 1. The van der Waals surface area contributed by atoms with Crippen LogP contribution in [0.5, 0.6) is 5.75 Å². The number of carbonyl (C=O) groups excluding carboxylic acids is 1. The Labute approximate surface area is 200 Å². The molecule has 164 valence electrons. The SMILES string of the molecule is [2H]C([2H])(O)c1ccc(OC(=O)C(C)C)c([C@H](CCN(C([2H])(C)C([2H])([2H])[2H])C([2H])(C([2H])([2H])[2H])C([2H])([2H])[2H])c2ccccc2)c1. The van der Waals surface area contributed by atoms with Gasteiger partial charge in [-0.3, -0.25) is 9.69 Å². The van der Waals surface area contributed by atoms with Gasteiger partial charge in [-0.05, 0) is 63.7 Å². The standard InChI is InChI=1S/C26H37NO3/c1-18(2)26(29)30-25-13-12-21(17-28)16-24(25)23(22-10-8-7-9-11-22)14-15-27(19(3)4)20(5)6/h7-13,16,18-20,23,28H,14-15,17H2,1-6H3/t23-/m1/s1/i3D3,4D3,5D3,17D2,19D,20D/t20?,23-. The molecule has 0 aliphatic rings. The second kappa shape index (κ2) is 11.3. The van der Waals surface area contributed by atoms with Crippen LogP contribution in [0.25, 0.3) is 0 Å². The molecule has 0 aromatic heterocycles. The summed E-state index contributed by atoms with van der Waals surface area (Å²) in [4.78, 5) is 12.9. The average molecular weight is 425 g/mol. The van der Waals surface area contributed by atoms with Gasteiger partial charge in [0, 0.05) is 38.6 Å². The quantitative estimate of drug-likeness (QED) is 0.411. The van der Waals surface area contributed by atoms with Gasteiger partial charge in [0.15, 0.2) is 0 Å². The van der Waals surface area contributed by atoms with Crippen LogP contribution in [0.2, 0.25) is 0 Å². The van der Waals surface area contributed by atoms with Gasteiger partial charge in [-0.25, -0.2) is 0 Å². The van der Waals surface area contributed by atoms with Crippen molar-refractivity contribution in [3.8, 4) is 5.75 Å². The van der Waals surface area contributed by atoms with Crippen molar-refractivity contribution >= 4 is 5.97 Å². The van der Waals surface area contributed by atoms with E-state index in [0.717, 1.165) is 6.92 Å². The van der Waals surface area contributed by atoms with Crippen molar-refractivity contribution in [3.63, 3.8) is 0 Å². The van der Waals surface area contributed by atoms with Crippen LogP contribution in [0.1, 0.15) is 88.2 Å². The number of hydrogen-bond acceptors (Lipinski definition) is 4. The van der Waals surface area contributed by atoms with Crippen LogP contribution >= 0.6 is 0 Å². The number of benzene rings is 2. The molecule has 0 bridgehead atoms. The first kappa shape index (κ1) is 11.4. The van der Waals surface area contributed by atoms with Crippen molar-refractivity contribution in [2.24, 2.45) is 5.92 Å². The second-order valence-corrected chi connectivity index (χ2v) is 7.28. The van der Waals surface area contributed by atoms with E-state index in [4.69, 9.17) is 22.6 Å². The number of carbonyl (C=O) groups is 1. The van der Waals surface area contributed by atoms with Gasteiger partial charge in [0.2, 0.25) is 0 Å². The molecule has 1 unspecified atom stereocenters. The van der Waals surface area contributed by atoms with E-state index in [1.165, 1.54) is 18.2 Å². The van der Waals surface area contributed by atoms with Crippen molar-refractivity contribution in [2.45, 2.75) is 72.3 Å². The molecule has 2 aromatic rings. The van der Waals surface area contributed by atoms with Gasteiger partial charge in [0.25, 0.3) is 0 Å². The summed E-state index contributed by atoms with van der Waals surface area (Å²) in [5.74, 6) is -2.16. The van der Waals surface area contributed by atoms with E-state index in [9.17, 15) is 9.90 Å². The van der Waals surface area contributed by atoms with E-state index in [1.807, 2.05) is 0 Å². The number of ether oxygens (including phenoxy) is 1. The molecule has 0 amide bonds. The smallest absolute Gasteiger partial charge is 0.313 e. The van der Waals surface area contributed by atoms with E-state index in [0.29, 0.717) is 10.5 Å². The van der Waals surface area contributed by atoms with Crippen LogP contribution in [-0.2, 0) is 11.4 Å². The molecule has 0 saturated heterocycles. The minimum Gasteiger partial charge on any atom is -0.426 e. The summed E-state index contributed by atoms with van der Waals surface area (Å²) in [5.41, 5.74) is 0.436. The molecule has 2 atom stereocenters. The van der Waals surface area contributed by atoms with Crippen molar-refractivity contribution in [2.75, 3.05) is 6.54 Å². The molecule has 4 nitrogen and oxygen atoms in total. The zero-order valence-electron chi connectivity index (χ0n) is 30.4. The van der Waals surface area contributed by atoms with Crippen LogP contribution in [0.4, 0.5) is 0 Å². The van der Waals surface area contributed by atoms with E-state index >= 15 is 0 Å². The highest BCUT2D eigenvalue weighted by molar-refractivity contribution is 5.75. The van der Waals surface area contributed by atoms with Crippen molar-refractivity contribution in [3.05, 3.63) is 65.2 Å². The van der Waals surface area contributed by atoms with Crippen molar-refractivity contribution in [1.29, 1.82) is 0 Å². The maximum Gasteiger partial charge on any atom is 0.313 e. The number of nitrogens with zero attached hydrogens (tertiary/aromatic N) is 1. The molecule has 1 N–H and O–H groups in total. The first-order valence-corrected chi connectivity index (χ1v) is 9.68. The van der Waals surface area contributed by atoms with E-state index in [2.05, 4.69) is 0 Å². The largest absolute Gasteiger partial charge is 0.426 e. The van der Waals surface area contributed by atoms with E-state index < -0.39 is 63.5 Å². The van der Waals surface area contributed by atoms with Crippen molar-refractivity contribution < 1.29 is 32.5 Å². The highest BCUT2D eigenvalue weighted by Gasteiger charge is 2.23. The van der Waals surface area contributed by atoms with Crippen LogP contribution in [0.15, 0.2) is 48.5 Å². The minimum atomic E-state index is -3.58. The Hall–Kier alpha value is -2.17. The third kappa shape index (κ3) is 6.41. The molecule has 0 fully saturated rings. The number of rotatable bonds is 10. The molecule has 30 heavy (non-hydrogen) atoms. The lowest BCUT2D eigenvalue weighted by atomic mass is 9.86. The van der Waals surface area contributed by atoms with Crippen LogP contribution in [0.3, 0.4) is 0 Å². The molecule has 2 aromatic carbocycles. The van der Waals surface area contributed by atoms with E-state index in [1.54, 1.807) is 44.2 Å². The minimum absolute atomic E-state index is 0.0275.